The zero-order valence-corrected chi connectivity index (χ0v) is 11.7. The van der Waals surface area contributed by atoms with Crippen LogP contribution in [0.5, 0.6) is 0 Å². The largest absolute Gasteiger partial charge is 0.370 e. The van der Waals surface area contributed by atoms with Gasteiger partial charge in [-0.3, -0.25) is 0 Å². The Balaban J connectivity index is 2.11. The first-order valence-electron chi connectivity index (χ1n) is 6.59. The zero-order chi connectivity index (χ0) is 13.1. The third-order valence-corrected chi connectivity index (χ3v) is 3.57. The molecule has 0 radical (unpaired) electrons. The lowest BCUT2D eigenvalue weighted by Gasteiger charge is -2.22. The molecule has 18 heavy (non-hydrogen) atoms. The van der Waals surface area contributed by atoms with E-state index in [0.717, 1.165) is 31.3 Å². The van der Waals surface area contributed by atoms with Gasteiger partial charge in [0.15, 0.2) is 0 Å². The molecule has 1 aliphatic rings. The van der Waals surface area contributed by atoms with Crippen LogP contribution in [0.25, 0.3) is 0 Å². The Labute approximate surface area is 109 Å². The van der Waals surface area contributed by atoms with E-state index < -0.39 is 0 Å². The van der Waals surface area contributed by atoms with Gasteiger partial charge in [0.05, 0.1) is 0 Å². The minimum atomic E-state index is 0.600. The summed E-state index contributed by atoms with van der Waals surface area (Å²) in [4.78, 5) is 13.3. The summed E-state index contributed by atoms with van der Waals surface area (Å²) in [6.07, 6.45) is 1.64. The third-order valence-electron chi connectivity index (χ3n) is 3.57. The maximum Gasteiger partial charge on any atom is 0.134 e. The van der Waals surface area contributed by atoms with Crippen molar-refractivity contribution in [2.75, 3.05) is 43.9 Å². The highest BCUT2D eigenvalue weighted by atomic mass is 15.3. The van der Waals surface area contributed by atoms with Gasteiger partial charge in [0.1, 0.15) is 18.0 Å². The molecule has 0 amide bonds. The molecule has 1 aromatic rings. The van der Waals surface area contributed by atoms with Gasteiger partial charge in [-0.05, 0) is 26.9 Å². The molecule has 0 aromatic carbocycles. The first-order valence-corrected chi connectivity index (χ1v) is 6.59. The van der Waals surface area contributed by atoms with Crippen molar-refractivity contribution in [2.45, 2.75) is 19.9 Å². The lowest BCUT2D eigenvalue weighted by molar-refractivity contribution is 0.266. The molecule has 100 valence electrons. The Bertz CT molecular complexity index is 393. The molecule has 5 heteroatoms. The quantitative estimate of drug-likeness (QED) is 0.871. The van der Waals surface area contributed by atoms with Gasteiger partial charge >= 0.3 is 0 Å². The summed E-state index contributed by atoms with van der Waals surface area (Å²) in [6.45, 7) is 7.36. The number of rotatable bonds is 4. The van der Waals surface area contributed by atoms with Crippen LogP contribution in [0.3, 0.4) is 0 Å². The van der Waals surface area contributed by atoms with Gasteiger partial charge in [-0.2, -0.15) is 0 Å². The van der Waals surface area contributed by atoms with Crippen molar-refractivity contribution < 1.29 is 0 Å². The first kappa shape index (κ1) is 13.1. The predicted octanol–water partition coefficient (Wildman–Crippen LogP) is 1.29. The minimum absolute atomic E-state index is 0.600. The topological polar surface area (TPSA) is 44.3 Å². The normalized spacial score (nSPS) is 23.7. The van der Waals surface area contributed by atoms with E-state index in [2.05, 4.69) is 53.0 Å². The maximum atomic E-state index is 4.39. The Morgan fingerprint density at radius 2 is 2.17 bits per heavy atom. The van der Waals surface area contributed by atoms with Crippen LogP contribution in [0.2, 0.25) is 0 Å². The number of hydrogen-bond donors (Lipinski definition) is 1. The van der Waals surface area contributed by atoms with Crippen LogP contribution >= 0.6 is 0 Å². The van der Waals surface area contributed by atoms with Crippen molar-refractivity contribution >= 4 is 11.6 Å². The summed E-state index contributed by atoms with van der Waals surface area (Å²) >= 11 is 0. The minimum Gasteiger partial charge on any atom is -0.370 e. The molecular formula is C13H23N5. The second kappa shape index (κ2) is 5.52. The highest BCUT2D eigenvalue weighted by Gasteiger charge is 2.31. The van der Waals surface area contributed by atoms with Crippen molar-refractivity contribution in [1.29, 1.82) is 0 Å². The molecular weight excluding hydrogens is 226 g/mol. The fourth-order valence-corrected chi connectivity index (χ4v) is 2.61. The second-order valence-electron chi connectivity index (χ2n) is 5.21. The molecule has 2 heterocycles. The second-order valence-corrected chi connectivity index (χ2v) is 5.21. The summed E-state index contributed by atoms with van der Waals surface area (Å²) in [5.74, 6) is 2.60. The summed E-state index contributed by atoms with van der Waals surface area (Å²) in [6, 6.07) is 2.64. The SMILES string of the molecule is CCNc1cc(N2CC(C)C(N(C)C)C2)ncn1. The molecule has 0 saturated carbocycles. The van der Waals surface area contributed by atoms with Crippen LogP contribution in [-0.2, 0) is 0 Å². The van der Waals surface area contributed by atoms with Gasteiger partial charge in [0, 0.05) is 31.7 Å². The number of nitrogens with zero attached hydrogens (tertiary/aromatic N) is 4. The Hall–Kier alpha value is -1.36. The molecule has 1 fully saturated rings. The average molecular weight is 249 g/mol. The summed E-state index contributed by atoms with van der Waals surface area (Å²) in [5.41, 5.74) is 0. The molecule has 0 bridgehead atoms. The molecule has 2 atom stereocenters. The molecule has 1 saturated heterocycles. The molecule has 0 aliphatic carbocycles. The van der Waals surface area contributed by atoms with Gasteiger partial charge in [0.2, 0.25) is 0 Å². The van der Waals surface area contributed by atoms with E-state index in [1.165, 1.54) is 0 Å². The molecule has 0 spiro atoms. The number of anilines is 2. The van der Waals surface area contributed by atoms with Gasteiger partial charge < -0.3 is 15.1 Å². The highest BCUT2D eigenvalue weighted by molar-refractivity contribution is 5.49. The van der Waals surface area contributed by atoms with E-state index in [-0.39, 0.29) is 0 Å². The van der Waals surface area contributed by atoms with E-state index in [1.54, 1.807) is 6.33 Å². The van der Waals surface area contributed by atoms with Crippen LogP contribution in [0.1, 0.15) is 13.8 Å². The van der Waals surface area contributed by atoms with Crippen molar-refractivity contribution in [3.05, 3.63) is 12.4 Å². The maximum absolute atomic E-state index is 4.39. The third kappa shape index (κ3) is 2.72. The van der Waals surface area contributed by atoms with E-state index in [0.29, 0.717) is 12.0 Å². The summed E-state index contributed by atoms with van der Waals surface area (Å²) < 4.78 is 0. The van der Waals surface area contributed by atoms with Crippen LogP contribution < -0.4 is 10.2 Å². The fourth-order valence-electron chi connectivity index (χ4n) is 2.61. The van der Waals surface area contributed by atoms with Crippen LogP contribution in [0.15, 0.2) is 12.4 Å². The van der Waals surface area contributed by atoms with E-state index >= 15 is 0 Å². The van der Waals surface area contributed by atoms with E-state index in [1.807, 2.05) is 6.07 Å². The number of likely N-dealkylation sites (N-methyl/N-ethyl adjacent to an activating group) is 1. The Morgan fingerprint density at radius 1 is 1.39 bits per heavy atom. The molecule has 2 unspecified atom stereocenters. The molecule has 2 rings (SSSR count). The summed E-state index contributed by atoms with van der Waals surface area (Å²) in [7, 11) is 4.30. The fraction of sp³-hybridized carbons (Fsp3) is 0.692. The first-order chi connectivity index (χ1) is 8.61. The lowest BCUT2D eigenvalue weighted by atomic mass is 10.1. The Morgan fingerprint density at radius 3 is 2.78 bits per heavy atom. The van der Waals surface area contributed by atoms with Crippen molar-refractivity contribution in [1.82, 2.24) is 14.9 Å². The molecule has 1 aromatic heterocycles. The highest BCUT2D eigenvalue weighted by Crippen LogP contribution is 2.25. The van der Waals surface area contributed by atoms with Gasteiger partial charge in [-0.1, -0.05) is 6.92 Å². The smallest absolute Gasteiger partial charge is 0.134 e. The standard InChI is InChI=1S/C13H23N5/c1-5-14-12-6-13(16-9-15-12)18-7-10(2)11(8-18)17(3)4/h6,9-11H,5,7-8H2,1-4H3,(H,14,15,16). The molecule has 1 aliphatic heterocycles. The van der Waals surface area contributed by atoms with Gasteiger partial charge in [-0.25, -0.2) is 9.97 Å². The lowest BCUT2D eigenvalue weighted by Crippen LogP contribution is -2.34. The van der Waals surface area contributed by atoms with Gasteiger partial charge in [-0.15, -0.1) is 0 Å². The average Bonchev–Trinajstić information content (AvgIpc) is 2.72. The number of hydrogen-bond acceptors (Lipinski definition) is 5. The summed E-state index contributed by atoms with van der Waals surface area (Å²) in [5, 5.41) is 3.23. The van der Waals surface area contributed by atoms with Crippen molar-refractivity contribution in [2.24, 2.45) is 5.92 Å². The van der Waals surface area contributed by atoms with Crippen molar-refractivity contribution in [3.63, 3.8) is 0 Å². The Kier molecular flexibility index (Phi) is 4.01. The molecule has 5 nitrogen and oxygen atoms in total. The van der Waals surface area contributed by atoms with Crippen LogP contribution in [0, 0.1) is 5.92 Å². The van der Waals surface area contributed by atoms with Crippen LogP contribution in [0.4, 0.5) is 11.6 Å². The monoisotopic (exact) mass is 249 g/mol. The number of nitrogens with one attached hydrogen (secondary N) is 1. The zero-order valence-electron chi connectivity index (χ0n) is 11.7. The predicted molar refractivity (Wildman–Crippen MR) is 75.0 cm³/mol. The molecule has 1 N–H and O–H groups in total. The number of aromatic nitrogens is 2. The van der Waals surface area contributed by atoms with Crippen LogP contribution in [-0.4, -0.2) is 54.6 Å². The van der Waals surface area contributed by atoms with Crippen molar-refractivity contribution in [3.8, 4) is 0 Å². The van der Waals surface area contributed by atoms with E-state index in [4.69, 9.17) is 0 Å². The van der Waals surface area contributed by atoms with E-state index in [9.17, 15) is 0 Å². The van der Waals surface area contributed by atoms with Gasteiger partial charge in [0.25, 0.3) is 0 Å².